The summed E-state index contributed by atoms with van der Waals surface area (Å²) in [5.41, 5.74) is 5.09. The fourth-order valence-electron chi connectivity index (χ4n) is 1.20. The van der Waals surface area contributed by atoms with Crippen LogP contribution in [0.4, 0.5) is 5.82 Å². The number of hydrogen-bond donors (Lipinski definition) is 2. The van der Waals surface area contributed by atoms with Gasteiger partial charge in [0.05, 0.1) is 0 Å². The van der Waals surface area contributed by atoms with Gasteiger partial charge in [0.15, 0.2) is 11.4 Å². The van der Waals surface area contributed by atoms with Gasteiger partial charge in [-0.2, -0.15) is 0 Å². The SMILES string of the molecule is NC(=O)c1ccc(C(=O)Nc2ccccn2)nn1. The Kier molecular flexibility index (Phi) is 3.24. The molecule has 2 rings (SSSR count). The van der Waals surface area contributed by atoms with Crippen LogP contribution in [0.25, 0.3) is 0 Å². The first-order chi connectivity index (χ1) is 8.66. The van der Waals surface area contributed by atoms with Crippen LogP contribution in [0.5, 0.6) is 0 Å². The molecule has 2 aromatic rings. The predicted octanol–water partition coefficient (Wildman–Crippen LogP) is 0.223. The van der Waals surface area contributed by atoms with Crippen LogP contribution in [0.2, 0.25) is 0 Å². The third-order valence-corrected chi connectivity index (χ3v) is 2.06. The molecule has 2 aromatic heterocycles. The number of nitrogens with two attached hydrogens (primary N) is 1. The van der Waals surface area contributed by atoms with E-state index < -0.39 is 11.8 Å². The molecule has 2 heterocycles. The van der Waals surface area contributed by atoms with E-state index in [1.165, 1.54) is 12.1 Å². The first kappa shape index (κ1) is 11.6. The molecule has 18 heavy (non-hydrogen) atoms. The second kappa shape index (κ2) is 5.00. The standard InChI is InChI=1S/C11H9N5O2/c12-10(17)7-4-5-8(16-15-7)11(18)14-9-3-1-2-6-13-9/h1-6H,(H2,12,17)(H,13,14,18). The number of nitrogens with zero attached hydrogens (tertiary/aromatic N) is 3. The van der Waals surface area contributed by atoms with Gasteiger partial charge < -0.3 is 11.1 Å². The van der Waals surface area contributed by atoms with E-state index in [0.29, 0.717) is 5.82 Å². The van der Waals surface area contributed by atoms with Crippen LogP contribution >= 0.6 is 0 Å². The van der Waals surface area contributed by atoms with Gasteiger partial charge in [-0.25, -0.2) is 4.98 Å². The molecule has 90 valence electrons. The van der Waals surface area contributed by atoms with Crippen LogP contribution in [0.15, 0.2) is 36.5 Å². The van der Waals surface area contributed by atoms with Crippen LogP contribution in [0.3, 0.4) is 0 Å². The Morgan fingerprint density at radius 3 is 2.33 bits per heavy atom. The molecule has 0 saturated carbocycles. The lowest BCUT2D eigenvalue weighted by molar-refractivity contribution is 0.0986. The van der Waals surface area contributed by atoms with Crippen LogP contribution in [0, 0.1) is 0 Å². The van der Waals surface area contributed by atoms with E-state index in [1.54, 1.807) is 24.4 Å². The molecule has 0 fully saturated rings. The average Bonchev–Trinajstić information content (AvgIpc) is 2.40. The third kappa shape index (κ3) is 2.64. The van der Waals surface area contributed by atoms with E-state index in [0.717, 1.165) is 0 Å². The minimum atomic E-state index is -0.695. The van der Waals surface area contributed by atoms with Crippen LogP contribution < -0.4 is 11.1 Å². The molecule has 0 aliphatic heterocycles. The van der Waals surface area contributed by atoms with Crippen molar-refractivity contribution in [1.82, 2.24) is 15.2 Å². The molecule has 7 nitrogen and oxygen atoms in total. The lowest BCUT2D eigenvalue weighted by Crippen LogP contribution is -2.18. The molecule has 3 N–H and O–H groups in total. The van der Waals surface area contributed by atoms with E-state index in [4.69, 9.17) is 5.73 Å². The maximum absolute atomic E-state index is 11.7. The van der Waals surface area contributed by atoms with Gasteiger partial charge in [0.25, 0.3) is 11.8 Å². The van der Waals surface area contributed by atoms with Crippen LogP contribution in [-0.2, 0) is 0 Å². The molecule has 0 radical (unpaired) electrons. The zero-order chi connectivity index (χ0) is 13.0. The predicted molar refractivity (Wildman–Crippen MR) is 62.7 cm³/mol. The van der Waals surface area contributed by atoms with Gasteiger partial charge >= 0.3 is 0 Å². The Labute approximate surface area is 102 Å². The Bertz CT molecular complexity index is 568. The van der Waals surface area contributed by atoms with Crippen molar-refractivity contribution in [2.24, 2.45) is 5.73 Å². The number of pyridine rings is 1. The van der Waals surface area contributed by atoms with E-state index in [-0.39, 0.29) is 11.4 Å². The lowest BCUT2D eigenvalue weighted by atomic mass is 10.3. The van der Waals surface area contributed by atoms with Gasteiger partial charge in [0.1, 0.15) is 5.82 Å². The van der Waals surface area contributed by atoms with Crippen LogP contribution in [-0.4, -0.2) is 27.0 Å². The van der Waals surface area contributed by atoms with Gasteiger partial charge in [0, 0.05) is 6.20 Å². The van der Waals surface area contributed by atoms with Gasteiger partial charge in [-0.3, -0.25) is 9.59 Å². The van der Waals surface area contributed by atoms with Gasteiger partial charge in [-0.15, -0.1) is 10.2 Å². The average molecular weight is 243 g/mol. The summed E-state index contributed by atoms with van der Waals surface area (Å²) in [5, 5.41) is 9.68. The first-order valence-electron chi connectivity index (χ1n) is 5.03. The number of rotatable bonds is 3. The molecule has 0 saturated heterocycles. The largest absolute Gasteiger partial charge is 0.364 e. The fourth-order valence-corrected chi connectivity index (χ4v) is 1.20. The Morgan fingerprint density at radius 1 is 1.06 bits per heavy atom. The van der Waals surface area contributed by atoms with E-state index >= 15 is 0 Å². The van der Waals surface area contributed by atoms with Crippen molar-refractivity contribution in [2.75, 3.05) is 5.32 Å². The molecular weight excluding hydrogens is 234 g/mol. The Balaban J connectivity index is 2.12. The number of nitrogens with one attached hydrogen (secondary N) is 1. The zero-order valence-electron chi connectivity index (χ0n) is 9.20. The minimum Gasteiger partial charge on any atom is -0.364 e. The molecule has 0 unspecified atom stereocenters. The summed E-state index contributed by atoms with van der Waals surface area (Å²) in [6, 6.07) is 7.82. The van der Waals surface area contributed by atoms with Gasteiger partial charge in [-0.05, 0) is 24.3 Å². The van der Waals surface area contributed by atoms with Crippen molar-refractivity contribution in [3.63, 3.8) is 0 Å². The van der Waals surface area contributed by atoms with Gasteiger partial charge in [-0.1, -0.05) is 6.07 Å². The summed E-state index contributed by atoms with van der Waals surface area (Å²) < 4.78 is 0. The highest BCUT2D eigenvalue weighted by atomic mass is 16.2. The molecule has 0 aliphatic rings. The molecular formula is C11H9N5O2. The monoisotopic (exact) mass is 243 g/mol. The summed E-state index contributed by atoms with van der Waals surface area (Å²) in [6.45, 7) is 0. The molecule has 0 aromatic carbocycles. The number of aromatic nitrogens is 3. The first-order valence-corrected chi connectivity index (χ1v) is 5.03. The highest BCUT2D eigenvalue weighted by Gasteiger charge is 2.10. The van der Waals surface area contributed by atoms with Crippen molar-refractivity contribution in [3.8, 4) is 0 Å². The Hall–Kier alpha value is -2.83. The number of hydrogen-bond acceptors (Lipinski definition) is 5. The summed E-state index contributed by atoms with van der Waals surface area (Å²) in [4.78, 5) is 26.4. The minimum absolute atomic E-state index is 0.00406. The molecule has 0 spiro atoms. The third-order valence-electron chi connectivity index (χ3n) is 2.06. The topological polar surface area (TPSA) is 111 Å². The molecule has 0 atom stereocenters. The smallest absolute Gasteiger partial charge is 0.277 e. The van der Waals surface area contributed by atoms with Gasteiger partial charge in [0.2, 0.25) is 0 Å². The number of carbonyl (C=O) groups is 2. The fraction of sp³-hybridized carbons (Fsp3) is 0. The highest BCUT2D eigenvalue weighted by molar-refractivity contribution is 6.02. The lowest BCUT2D eigenvalue weighted by Gasteiger charge is -2.02. The second-order valence-electron chi connectivity index (χ2n) is 3.34. The number of primary amides is 1. The van der Waals surface area contributed by atoms with Crippen molar-refractivity contribution < 1.29 is 9.59 Å². The summed E-state index contributed by atoms with van der Waals surface area (Å²) in [5.74, 6) is -0.750. The maximum Gasteiger partial charge on any atom is 0.277 e. The normalized spacial score (nSPS) is 9.78. The summed E-state index contributed by atoms with van der Waals surface area (Å²) in [6.07, 6.45) is 1.55. The number of anilines is 1. The van der Waals surface area contributed by atoms with E-state index in [9.17, 15) is 9.59 Å². The number of carbonyl (C=O) groups excluding carboxylic acids is 2. The summed E-state index contributed by atoms with van der Waals surface area (Å²) in [7, 11) is 0. The molecule has 7 heteroatoms. The quantitative estimate of drug-likeness (QED) is 0.801. The highest BCUT2D eigenvalue weighted by Crippen LogP contribution is 2.03. The molecule has 0 bridgehead atoms. The molecule has 2 amide bonds. The van der Waals surface area contributed by atoms with Crippen molar-refractivity contribution in [3.05, 3.63) is 47.9 Å². The zero-order valence-corrected chi connectivity index (χ0v) is 9.20. The van der Waals surface area contributed by atoms with Crippen molar-refractivity contribution >= 4 is 17.6 Å². The summed E-state index contributed by atoms with van der Waals surface area (Å²) >= 11 is 0. The second-order valence-corrected chi connectivity index (χ2v) is 3.34. The van der Waals surface area contributed by atoms with E-state index in [2.05, 4.69) is 20.5 Å². The van der Waals surface area contributed by atoms with E-state index in [1.807, 2.05) is 0 Å². The maximum atomic E-state index is 11.7. The Morgan fingerprint density at radius 2 is 1.78 bits per heavy atom. The van der Waals surface area contributed by atoms with Crippen molar-refractivity contribution in [1.29, 1.82) is 0 Å². The van der Waals surface area contributed by atoms with Crippen LogP contribution in [0.1, 0.15) is 21.0 Å². The molecule has 0 aliphatic carbocycles. The van der Waals surface area contributed by atoms with Crippen molar-refractivity contribution in [2.45, 2.75) is 0 Å². The number of amides is 2.